The quantitative estimate of drug-likeness (QED) is 0.289. The number of hydrogen-bond acceptors (Lipinski definition) is 1. The van der Waals surface area contributed by atoms with Gasteiger partial charge >= 0.3 is 0 Å². The fourth-order valence-corrected chi connectivity index (χ4v) is 7.85. The Bertz CT molecular complexity index is 538. The van der Waals surface area contributed by atoms with Crippen LogP contribution >= 0.6 is 22.6 Å². The molecule has 4 rings (SSSR count). The van der Waals surface area contributed by atoms with Crippen LogP contribution in [-0.2, 0) is 4.79 Å². The van der Waals surface area contributed by atoms with Gasteiger partial charge in [-0.05, 0) is 74.0 Å². The van der Waals surface area contributed by atoms with Crippen LogP contribution < -0.4 is 0 Å². The van der Waals surface area contributed by atoms with Crippen LogP contribution in [0.1, 0.15) is 65.7 Å². The van der Waals surface area contributed by atoms with Crippen molar-refractivity contribution in [3.63, 3.8) is 0 Å². The molecule has 0 bridgehead atoms. The number of fused-ring (bicyclic) bond motifs is 5. The van der Waals surface area contributed by atoms with Crippen molar-refractivity contribution in [2.75, 3.05) is 0 Å². The topological polar surface area (TPSA) is 17.1 Å². The maximum Gasteiger partial charge on any atom is 0.151 e. The summed E-state index contributed by atoms with van der Waals surface area (Å²) in [6, 6.07) is 0. The molecule has 4 aliphatic rings. The van der Waals surface area contributed by atoms with E-state index in [1.54, 1.807) is 5.57 Å². The first-order chi connectivity index (χ1) is 10.4. The highest BCUT2D eigenvalue weighted by molar-refractivity contribution is 14.1. The van der Waals surface area contributed by atoms with Gasteiger partial charge in [-0.1, -0.05) is 55.0 Å². The van der Waals surface area contributed by atoms with Gasteiger partial charge in [-0.25, -0.2) is 0 Å². The minimum atomic E-state index is -0.00329. The minimum Gasteiger partial charge on any atom is -0.298 e. The Hall–Kier alpha value is 0.140. The number of allylic oxidation sites excluding steroid dienone is 2. The maximum absolute atomic E-state index is 12.7. The standard InChI is InChI=1S/C20H29IO/c1-12-6-8-19(2)13(10-12)4-5-14-15(19)7-9-20(3)16(14)11-17(21)18(20)22/h4,12,14-17H,5-11H2,1-3H3/t12-,14+,15-,16-,17+,19-,20-/m0/s1. The van der Waals surface area contributed by atoms with E-state index in [2.05, 4.69) is 49.4 Å². The van der Waals surface area contributed by atoms with E-state index in [1.807, 2.05) is 0 Å². The third-order valence-corrected chi connectivity index (χ3v) is 9.12. The Labute approximate surface area is 148 Å². The van der Waals surface area contributed by atoms with E-state index in [4.69, 9.17) is 0 Å². The number of ketones is 1. The van der Waals surface area contributed by atoms with Crippen molar-refractivity contribution in [2.24, 2.45) is 34.5 Å². The van der Waals surface area contributed by atoms with Crippen molar-refractivity contribution < 1.29 is 4.79 Å². The van der Waals surface area contributed by atoms with E-state index in [9.17, 15) is 4.79 Å². The monoisotopic (exact) mass is 412 g/mol. The number of carbonyl (C=O) groups excluding carboxylic acids is 1. The van der Waals surface area contributed by atoms with Gasteiger partial charge in [0.25, 0.3) is 0 Å². The lowest BCUT2D eigenvalue weighted by atomic mass is 9.47. The fraction of sp³-hybridized carbons (Fsp3) is 0.850. The molecule has 1 nitrogen and oxygen atoms in total. The van der Waals surface area contributed by atoms with E-state index in [0.29, 0.717) is 17.1 Å². The number of Topliss-reactive ketones (excluding diaryl/α,β-unsaturated/α-hetero) is 1. The van der Waals surface area contributed by atoms with Gasteiger partial charge in [-0.15, -0.1) is 0 Å². The molecule has 0 aromatic rings. The molecule has 22 heavy (non-hydrogen) atoms. The van der Waals surface area contributed by atoms with Crippen LogP contribution in [0.4, 0.5) is 0 Å². The summed E-state index contributed by atoms with van der Waals surface area (Å²) in [6.07, 6.45) is 11.5. The van der Waals surface area contributed by atoms with Gasteiger partial charge in [0.05, 0.1) is 3.92 Å². The first-order valence-corrected chi connectivity index (χ1v) is 10.5. The molecule has 4 aliphatic carbocycles. The van der Waals surface area contributed by atoms with Crippen LogP contribution in [0.15, 0.2) is 11.6 Å². The molecule has 0 spiro atoms. The summed E-state index contributed by atoms with van der Waals surface area (Å²) in [5, 5.41) is 0. The molecule has 0 saturated heterocycles. The summed E-state index contributed by atoms with van der Waals surface area (Å²) in [7, 11) is 0. The van der Waals surface area contributed by atoms with Crippen LogP contribution in [0.3, 0.4) is 0 Å². The predicted octanol–water partition coefficient (Wildman–Crippen LogP) is 5.57. The van der Waals surface area contributed by atoms with E-state index < -0.39 is 0 Å². The fourth-order valence-electron chi connectivity index (χ4n) is 6.59. The average Bonchev–Trinajstić information content (AvgIpc) is 2.72. The van der Waals surface area contributed by atoms with Crippen molar-refractivity contribution in [2.45, 2.75) is 69.6 Å². The highest BCUT2D eigenvalue weighted by atomic mass is 127. The molecule has 122 valence electrons. The first kappa shape index (κ1) is 15.7. The molecule has 2 heteroatoms. The van der Waals surface area contributed by atoms with Crippen LogP contribution in [-0.4, -0.2) is 9.71 Å². The SMILES string of the molecule is C[C@H]1CC[C@@]2(C)C(=CC[C@@H]3[C@@H]2CC[C@]2(C)C(=O)[C@H](I)C[C@@H]32)C1. The molecule has 7 atom stereocenters. The second-order valence-electron chi connectivity index (χ2n) is 9.13. The van der Waals surface area contributed by atoms with Gasteiger partial charge in [0, 0.05) is 5.41 Å². The smallest absolute Gasteiger partial charge is 0.151 e. The van der Waals surface area contributed by atoms with E-state index in [1.165, 1.54) is 32.1 Å². The largest absolute Gasteiger partial charge is 0.298 e. The normalized spacial score (nSPS) is 54.3. The van der Waals surface area contributed by atoms with Gasteiger partial charge in [0.2, 0.25) is 0 Å². The van der Waals surface area contributed by atoms with Crippen LogP contribution in [0.25, 0.3) is 0 Å². The van der Waals surface area contributed by atoms with Gasteiger partial charge in [-0.2, -0.15) is 0 Å². The lowest BCUT2D eigenvalue weighted by molar-refractivity contribution is -0.131. The van der Waals surface area contributed by atoms with Gasteiger partial charge < -0.3 is 0 Å². The summed E-state index contributed by atoms with van der Waals surface area (Å²) in [5.41, 5.74) is 2.21. The molecule has 0 N–H and O–H groups in total. The van der Waals surface area contributed by atoms with Crippen molar-refractivity contribution in [1.82, 2.24) is 0 Å². The Morgan fingerprint density at radius 3 is 2.64 bits per heavy atom. The van der Waals surface area contributed by atoms with Crippen molar-refractivity contribution in [3.8, 4) is 0 Å². The molecular formula is C20H29IO. The first-order valence-electron chi connectivity index (χ1n) is 9.24. The number of rotatable bonds is 0. The second-order valence-corrected chi connectivity index (χ2v) is 10.6. The molecule has 0 radical (unpaired) electrons. The summed E-state index contributed by atoms with van der Waals surface area (Å²) < 4.78 is 0.274. The molecular weight excluding hydrogens is 383 g/mol. The molecule has 0 aromatic carbocycles. The van der Waals surface area contributed by atoms with Crippen molar-refractivity contribution >= 4 is 28.4 Å². The Balaban J connectivity index is 1.70. The van der Waals surface area contributed by atoms with E-state index in [-0.39, 0.29) is 9.34 Å². The molecule has 3 fully saturated rings. The summed E-state index contributed by atoms with van der Waals surface area (Å²) in [6.45, 7) is 7.27. The molecule has 0 aromatic heterocycles. The Morgan fingerprint density at radius 1 is 1.14 bits per heavy atom. The zero-order valence-electron chi connectivity index (χ0n) is 14.2. The number of alkyl halides is 1. The summed E-state index contributed by atoms with van der Waals surface area (Å²) >= 11 is 2.41. The third kappa shape index (κ3) is 1.97. The molecule has 0 unspecified atom stereocenters. The third-order valence-electron chi connectivity index (χ3n) is 8.05. The number of hydrogen-bond donors (Lipinski definition) is 0. The number of carbonyl (C=O) groups is 1. The van der Waals surface area contributed by atoms with Crippen LogP contribution in [0.2, 0.25) is 0 Å². The molecule has 0 aliphatic heterocycles. The van der Waals surface area contributed by atoms with Crippen molar-refractivity contribution in [3.05, 3.63) is 11.6 Å². The zero-order valence-corrected chi connectivity index (χ0v) is 16.4. The lowest BCUT2D eigenvalue weighted by Gasteiger charge is -2.56. The van der Waals surface area contributed by atoms with Gasteiger partial charge in [0.1, 0.15) is 0 Å². The Morgan fingerprint density at radius 2 is 1.86 bits per heavy atom. The highest BCUT2D eigenvalue weighted by Gasteiger charge is 2.60. The summed E-state index contributed by atoms with van der Waals surface area (Å²) in [5.74, 6) is 3.69. The van der Waals surface area contributed by atoms with Crippen LogP contribution in [0, 0.1) is 34.5 Å². The van der Waals surface area contributed by atoms with Crippen molar-refractivity contribution in [1.29, 1.82) is 0 Å². The maximum atomic E-state index is 12.7. The Kier molecular flexibility index (Phi) is 3.61. The molecule has 0 amide bonds. The molecule has 3 saturated carbocycles. The lowest BCUT2D eigenvalue weighted by Crippen LogP contribution is -2.50. The van der Waals surface area contributed by atoms with E-state index in [0.717, 1.165) is 30.6 Å². The predicted molar refractivity (Wildman–Crippen MR) is 99.1 cm³/mol. The zero-order chi connectivity index (χ0) is 15.7. The van der Waals surface area contributed by atoms with Gasteiger partial charge in [-0.3, -0.25) is 4.79 Å². The van der Waals surface area contributed by atoms with Crippen LogP contribution in [0.5, 0.6) is 0 Å². The van der Waals surface area contributed by atoms with E-state index >= 15 is 0 Å². The summed E-state index contributed by atoms with van der Waals surface area (Å²) in [4.78, 5) is 12.7. The molecule has 0 heterocycles. The number of halogens is 1. The van der Waals surface area contributed by atoms with Gasteiger partial charge in [0.15, 0.2) is 5.78 Å². The average molecular weight is 412 g/mol. The highest BCUT2D eigenvalue weighted by Crippen LogP contribution is 2.64. The minimum absolute atomic E-state index is 0.00329. The second kappa shape index (κ2) is 5.07.